The number of guanidine groups is 1. The van der Waals surface area contributed by atoms with Gasteiger partial charge in [-0.2, -0.15) is 0 Å². The molecule has 1 aromatic heterocycles. The quantitative estimate of drug-likeness (QED) is 0.480. The molecule has 1 fully saturated rings. The topological polar surface area (TPSA) is 66.5 Å². The van der Waals surface area contributed by atoms with Crippen LogP contribution in [0.4, 0.5) is 5.13 Å². The molecule has 1 heterocycles. The van der Waals surface area contributed by atoms with E-state index in [0.29, 0.717) is 18.5 Å². The standard InChI is InChI=1S/C10H17N5S.HI/c1-15(2)10-14-8(6-16-10)5-12-9(11)13-7-3-4-7;/h6-7H,3-5H2,1-2H3,(H3,11,12,13);1H. The molecule has 0 atom stereocenters. The fourth-order valence-corrected chi connectivity index (χ4v) is 1.97. The van der Waals surface area contributed by atoms with Gasteiger partial charge in [-0.3, -0.25) is 0 Å². The van der Waals surface area contributed by atoms with Gasteiger partial charge in [0.15, 0.2) is 11.1 Å². The van der Waals surface area contributed by atoms with Crippen molar-refractivity contribution < 1.29 is 0 Å². The molecule has 0 bridgehead atoms. The van der Waals surface area contributed by atoms with E-state index >= 15 is 0 Å². The number of anilines is 1. The second-order valence-corrected chi connectivity index (χ2v) is 4.97. The van der Waals surface area contributed by atoms with Crippen LogP contribution in [0.2, 0.25) is 0 Å². The lowest BCUT2D eigenvalue weighted by Crippen LogP contribution is -2.33. The third-order valence-corrected chi connectivity index (χ3v) is 3.32. The van der Waals surface area contributed by atoms with Gasteiger partial charge in [0.05, 0.1) is 12.2 Å². The molecule has 17 heavy (non-hydrogen) atoms. The zero-order chi connectivity index (χ0) is 11.5. The minimum absolute atomic E-state index is 0. The first kappa shape index (κ1) is 14.5. The van der Waals surface area contributed by atoms with Crippen molar-refractivity contribution in [3.05, 3.63) is 11.1 Å². The summed E-state index contributed by atoms with van der Waals surface area (Å²) in [6.07, 6.45) is 2.41. The molecular weight excluding hydrogens is 349 g/mol. The van der Waals surface area contributed by atoms with E-state index in [2.05, 4.69) is 15.3 Å². The van der Waals surface area contributed by atoms with Gasteiger partial charge in [0.1, 0.15) is 0 Å². The minimum atomic E-state index is 0. The second-order valence-electron chi connectivity index (χ2n) is 4.14. The van der Waals surface area contributed by atoms with Crippen LogP contribution in [0.3, 0.4) is 0 Å². The lowest BCUT2D eigenvalue weighted by atomic mass is 10.5. The molecule has 0 aromatic carbocycles. The zero-order valence-corrected chi connectivity index (χ0v) is 13.2. The number of hydrogen-bond donors (Lipinski definition) is 2. The van der Waals surface area contributed by atoms with Crippen molar-refractivity contribution in [2.45, 2.75) is 25.4 Å². The fourth-order valence-electron chi connectivity index (χ4n) is 1.22. The Balaban J connectivity index is 0.00000144. The van der Waals surface area contributed by atoms with Crippen LogP contribution in [0.5, 0.6) is 0 Å². The van der Waals surface area contributed by atoms with Gasteiger partial charge in [0.25, 0.3) is 0 Å². The second kappa shape index (κ2) is 6.39. The first-order chi connectivity index (χ1) is 7.65. The SMILES string of the molecule is CN(C)c1nc(CN=C(N)NC2CC2)cs1.I. The maximum Gasteiger partial charge on any atom is 0.189 e. The normalized spacial score (nSPS) is 15.3. The van der Waals surface area contributed by atoms with Crippen LogP contribution >= 0.6 is 35.3 Å². The molecule has 1 aromatic rings. The highest BCUT2D eigenvalue weighted by Crippen LogP contribution is 2.19. The maximum atomic E-state index is 5.73. The molecule has 0 spiro atoms. The first-order valence-electron chi connectivity index (χ1n) is 5.33. The number of aliphatic imine (C=N–C) groups is 1. The average molecular weight is 367 g/mol. The van der Waals surface area contributed by atoms with E-state index in [1.165, 1.54) is 12.8 Å². The van der Waals surface area contributed by atoms with Crippen molar-refractivity contribution >= 4 is 46.4 Å². The van der Waals surface area contributed by atoms with Gasteiger partial charge in [-0.1, -0.05) is 0 Å². The van der Waals surface area contributed by atoms with Crippen LogP contribution < -0.4 is 16.0 Å². The molecule has 0 unspecified atom stereocenters. The Hall–Kier alpha value is -0.570. The smallest absolute Gasteiger partial charge is 0.189 e. The Morgan fingerprint density at radius 2 is 2.35 bits per heavy atom. The third-order valence-electron chi connectivity index (χ3n) is 2.26. The predicted octanol–water partition coefficient (Wildman–Crippen LogP) is 1.39. The predicted molar refractivity (Wildman–Crippen MR) is 83.3 cm³/mol. The minimum Gasteiger partial charge on any atom is -0.370 e. The Bertz CT molecular complexity index is 386. The molecule has 1 aliphatic rings. The summed E-state index contributed by atoms with van der Waals surface area (Å²) in [7, 11) is 3.96. The number of rotatable bonds is 4. The molecule has 5 nitrogen and oxygen atoms in total. The van der Waals surface area contributed by atoms with E-state index in [1.54, 1.807) is 11.3 Å². The summed E-state index contributed by atoms with van der Waals surface area (Å²) in [5.74, 6) is 0.530. The van der Waals surface area contributed by atoms with E-state index in [4.69, 9.17) is 5.73 Å². The number of nitrogens with one attached hydrogen (secondary N) is 1. The Morgan fingerprint density at radius 3 is 2.88 bits per heavy atom. The van der Waals surface area contributed by atoms with Gasteiger partial charge >= 0.3 is 0 Å². The number of aromatic nitrogens is 1. The van der Waals surface area contributed by atoms with E-state index in [1.807, 2.05) is 24.4 Å². The molecule has 0 aliphatic heterocycles. The lowest BCUT2D eigenvalue weighted by molar-refractivity contribution is 0.873. The molecular formula is C10H18IN5S. The highest BCUT2D eigenvalue weighted by Gasteiger charge is 2.21. The molecule has 1 saturated carbocycles. The Morgan fingerprint density at radius 1 is 1.65 bits per heavy atom. The average Bonchev–Trinajstić information content (AvgIpc) is 2.91. The van der Waals surface area contributed by atoms with E-state index in [-0.39, 0.29) is 24.0 Å². The molecule has 3 N–H and O–H groups in total. The van der Waals surface area contributed by atoms with Crippen molar-refractivity contribution in [3.8, 4) is 0 Å². The summed E-state index contributed by atoms with van der Waals surface area (Å²) in [6, 6.07) is 0.552. The van der Waals surface area contributed by atoms with E-state index in [9.17, 15) is 0 Å². The van der Waals surface area contributed by atoms with E-state index in [0.717, 1.165) is 10.8 Å². The molecule has 0 radical (unpaired) electrons. The van der Waals surface area contributed by atoms with Crippen molar-refractivity contribution in [2.75, 3.05) is 19.0 Å². The number of hydrogen-bond acceptors (Lipinski definition) is 4. The molecule has 7 heteroatoms. The largest absolute Gasteiger partial charge is 0.370 e. The number of halogens is 1. The molecule has 1 aliphatic carbocycles. The summed E-state index contributed by atoms with van der Waals surface area (Å²) in [6.45, 7) is 0.551. The summed E-state index contributed by atoms with van der Waals surface area (Å²) in [4.78, 5) is 10.7. The number of nitrogens with two attached hydrogens (primary N) is 1. The number of nitrogens with zero attached hydrogens (tertiary/aromatic N) is 3. The highest BCUT2D eigenvalue weighted by molar-refractivity contribution is 14.0. The Kier molecular flexibility index (Phi) is 5.44. The van der Waals surface area contributed by atoms with Gasteiger partial charge in [-0.25, -0.2) is 9.98 Å². The Labute approximate surface area is 123 Å². The van der Waals surface area contributed by atoms with Crippen LogP contribution in [-0.4, -0.2) is 31.1 Å². The zero-order valence-electron chi connectivity index (χ0n) is 10.0. The van der Waals surface area contributed by atoms with Crippen LogP contribution in [0, 0.1) is 0 Å². The molecule has 96 valence electrons. The van der Waals surface area contributed by atoms with Gasteiger partial charge in [0, 0.05) is 25.5 Å². The van der Waals surface area contributed by atoms with Crippen LogP contribution in [-0.2, 0) is 6.54 Å². The van der Waals surface area contributed by atoms with Gasteiger partial charge in [0.2, 0.25) is 0 Å². The van der Waals surface area contributed by atoms with Crippen LogP contribution in [0.1, 0.15) is 18.5 Å². The van der Waals surface area contributed by atoms with Crippen molar-refractivity contribution in [1.82, 2.24) is 10.3 Å². The lowest BCUT2D eigenvalue weighted by Gasteiger charge is -2.05. The van der Waals surface area contributed by atoms with Gasteiger partial charge in [-0.05, 0) is 12.8 Å². The summed E-state index contributed by atoms with van der Waals surface area (Å²) >= 11 is 1.62. The van der Waals surface area contributed by atoms with E-state index < -0.39 is 0 Å². The monoisotopic (exact) mass is 367 g/mol. The van der Waals surface area contributed by atoms with Crippen LogP contribution in [0.25, 0.3) is 0 Å². The fraction of sp³-hybridized carbons (Fsp3) is 0.600. The summed E-state index contributed by atoms with van der Waals surface area (Å²) < 4.78 is 0. The van der Waals surface area contributed by atoms with Gasteiger partial charge < -0.3 is 16.0 Å². The van der Waals surface area contributed by atoms with Crippen molar-refractivity contribution in [3.63, 3.8) is 0 Å². The van der Waals surface area contributed by atoms with Crippen molar-refractivity contribution in [2.24, 2.45) is 10.7 Å². The van der Waals surface area contributed by atoms with Gasteiger partial charge in [-0.15, -0.1) is 35.3 Å². The van der Waals surface area contributed by atoms with Crippen molar-refractivity contribution in [1.29, 1.82) is 0 Å². The third kappa shape index (κ3) is 4.66. The molecule has 0 amide bonds. The maximum absolute atomic E-state index is 5.73. The highest BCUT2D eigenvalue weighted by atomic mass is 127. The van der Waals surface area contributed by atoms with Crippen LogP contribution in [0.15, 0.2) is 10.4 Å². The summed E-state index contributed by atoms with van der Waals surface area (Å²) in [5.41, 5.74) is 6.70. The molecule has 2 rings (SSSR count). The number of thiazole rings is 1. The first-order valence-corrected chi connectivity index (χ1v) is 6.21. The summed E-state index contributed by atoms with van der Waals surface area (Å²) in [5, 5.41) is 6.16. The molecule has 0 saturated heterocycles.